The summed E-state index contributed by atoms with van der Waals surface area (Å²) in [5.74, 6) is 0.131. The molecule has 0 saturated heterocycles. The Kier molecular flexibility index (Phi) is 3.39. The Balaban J connectivity index is 3.12. The van der Waals surface area contributed by atoms with Crippen LogP contribution >= 0.6 is 7.82 Å². The molecule has 1 rings (SSSR count). The second-order valence-electron chi connectivity index (χ2n) is 3.46. The molecule has 0 spiro atoms. The van der Waals surface area contributed by atoms with E-state index in [9.17, 15) is 9.67 Å². The lowest BCUT2D eigenvalue weighted by molar-refractivity contribution is 0.281. The largest absolute Gasteiger partial charge is 0.524 e. The zero-order chi connectivity index (χ0) is 11.6. The van der Waals surface area contributed by atoms with E-state index in [0.29, 0.717) is 5.56 Å². The third-order valence-electron chi connectivity index (χ3n) is 1.83. The number of phosphoric ester groups is 1. The van der Waals surface area contributed by atoms with E-state index in [1.165, 1.54) is 18.2 Å². The van der Waals surface area contributed by atoms with Gasteiger partial charge in [0.2, 0.25) is 0 Å². The molecule has 84 valence electrons. The maximum atomic E-state index is 10.7. The minimum absolute atomic E-state index is 0.00125. The lowest BCUT2D eigenvalue weighted by atomic mass is 10.0. The summed E-state index contributed by atoms with van der Waals surface area (Å²) < 4.78 is 15.2. The molecule has 0 aliphatic carbocycles. The van der Waals surface area contributed by atoms with E-state index >= 15 is 0 Å². The maximum absolute atomic E-state index is 10.7. The molecule has 6 heteroatoms. The Morgan fingerprint density at radius 1 is 1.33 bits per heavy atom. The molecule has 1 aromatic rings. The highest BCUT2D eigenvalue weighted by Gasteiger charge is 2.19. The van der Waals surface area contributed by atoms with Crippen LogP contribution in [0.25, 0.3) is 0 Å². The highest BCUT2D eigenvalue weighted by Crippen LogP contribution is 2.41. The second-order valence-corrected chi connectivity index (χ2v) is 4.62. The lowest BCUT2D eigenvalue weighted by Crippen LogP contribution is -1.96. The van der Waals surface area contributed by atoms with Crippen molar-refractivity contribution in [3.63, 3.8) is 0 Å². The molecule has 15 heavy (non-hydrogen) atoms. The topological polar surface area (TPSA) is 87.0 Å². The van der Waals surface area contributed by atoms with Gasteiger partial charge in [0.05, 0.1) is 0 Å². The second kappa shape index (κ2) is 4.23. The summed E-state index contributed by atoms with van der Waals surface area (Å²) in [5, 5.41) is 9.24. The molecule has 5 nitrogen and oxygen atoms in total. The standard InChI is InChI=1S/C9H13O5P/c1-6(2)8-5-7(10)3-4-9(8)14-15(11,12)13/h3-6,10H,1-2H3,(H2,11,12,13). The normalized spacial score (nSPS) is 11.8. The molecule has 0 atom stereocenters. The summed E-state index contributed by atoms with van der Waals surface area (Å²) in [7, 11) is -4.55. The van der Waals surface area contributed by atoms with Gasteiger partial charge < -0.3 is 9.63 Å². The first-order valence-corrected chi connectivity index (χ1v) is 5.90. The number of aromatic hydroxyl groups is 1. The van der Waals surface area contributed by atoms with Gasteiger partial charge >= 0.3 is 7.82 Å². The molecular weight excluding hydrogens is 219 g/mol. The van der Waals surface area contributed by atoms with E-state index < -0.39 is 7.82 Å². The van der Waals surface area contributed by atoms with Crippen molar-refractivity contribution in [1.29, 1.82) is 0 Å². The van der Waals surface area contributed by atoms with Crippen LogP contribution in [0.15, 0.2) is 18.2 Å². The third kappa shape index (κ3) is 3.55. The van der Waals surface area contributed by atoms with Crippen molar-refractivity contribution in [3.8, 4) is 11.5 Å². The number of rotatable bonds is 3. The van der Waals surface area contributed by atoms with Crippen molar-refractivity contribution in [3.05, 3.63) is 23.8 Å². The van der Waals surface area contributed by atoms with Crippen LogP contribution in [0.2, 0.25) is 0 Å². The van der Waals surface area contributed by atoms with Gasteiger partial charge in [-0.3, -0.25) is 9.79 Å². The zero-order valence-electron chi connectivity index (χ0n) is 8.41. The highest BCUT2D eigenvalue weighted by atomic mass is 31.2. The van der Waals surface area contributed by atoms with Gasteiger partial charge in [-0.05, 0) is 24.1 Å². The van der Waals surface area contributed by atoms with Crippen molar-refractivity contribution in [2.45, 2.75) is 19.8 Å². The highest BCUT2D eigenvalue weighted by molar-refractivity contribution is 7.46. The third-order valence-corrected chi connectivity index (χ3v) is 2.27. The first-order chi connectivity index (χ1) is 6.79. The Morgan fingerprint density at radius 2 is 1.93 bits per heavy atom. The summed E-state index contributed by atoms with van der Waals surface area (Å²) in [6, 6.07) is 4.08. The summed E-state index contributed by atoms with van der Waals surface area (Å²) in [6.45, 7) is 3.67. The van der Waals surface area contributed by atoms with Crippen LogP contribution < -0.4 is 4.52 Å². The Hall–Kier alpha value is -1.03. The summed E-state index contributed by atoms with van der Waals surface area (Å²) >= 11 is 0. The summed E-state index contributed by atoms with van der Waals surface area (Å²) in [4.78, 5) is 17.3. The van der Waals surface area contributed by atoms with E-state index in [1.807, 2.05) is 13.8 Å². The van der Waals surface area contributed by atoms with Crippen LogP contribution in [0.4, 0.5) is 0 Å². The van der Waals surface area contributed by atoms with Crippen LogP contribution in [-0.2, 0) is 4.57 Å². The zero-order valence-corrected chi connectivity index (χ0v) is 9.31. The van der Waals surface area contributed by atoms with Gasteiger partial charge in [0.25, 0.3) is 0 Å². The molecule has 0 unspecified atom stereocenters. The van der Waals surface area contributed by atoms with E-state index in [1.54, 1.807) is 0 Å². The smallest absolute Gasteiger partial charge is 0.508 e. The fourth-order valence-corrected chi connectivity index (χ4v) is 1.62. The van der Waals surface area contributed by atoms with Crippen molar-refractivity contribution >= 4 is 7.82 Å². The predicted molar refractivity (Wildman–Crippen MR) is 54.9 cm³/mol. The fraction of sp³-hybridized carbons (Fsp3) is 0.333. The summed E-state index contributed by atoms with van der Waals surface area (Å²) in [5.41, 5.74) is 0.554. The summed E-state index contributed by atoms with van der Waals surface area (Å²) in [6.07, 6.45) is 0. The maximum Gasteiger partial charge on any atom is 0.524 e. The molecule has 1 aromatic carbocycles. The van der Waals surface area contributed by atoms with Crippen molar-refractivity contribution in [1.82, 2.24) is 0 Å². The van der Waals surface area contributed by atoms with Crippen LogP contribution in [0.1, 0.15) is 25.3 Å². The SMILES string of the molecule is CC(C)c1cc(O)ccc1OP(=O)(O)O. The number of phosphoric acid groups is 1. The van der Waals surface area contributed by atoms with Gasteiger partial charge in [0.15, 0.2) is 0 Å². The van der Waals surface area contributed by atoms with Crippen molar-refractivity contribution in [2.24, 2.45) is 0 Å². The van der Waals surface area contributed by atoms with E-state index in [0.717, 1.165) is 0 Å². The molecule has 0 aliphatic heterocycles. The molecule has 0 aliphatic rings. The van der Waals surface area contributed by atoms with E-state index in [2.05, 4.69) is 4.52 Å². The average Bonchev–Trinajstić information content (AvgIpc) is 2.05. The number of phenolic OH excluding ortho intramolecular Hbond substituents is 1. The minimum atomic E-state index is -4.55. The number of hydrogen-bond acceptors (Lipinski definition) is 3. The van der Waals surface area contributed by atoms with Crippen LogP contribution in [-0.4, -0.2) is 14.9 Å². The first-order valence-electron chi connectivity index (χ1n) is 4.37. The first kappa shape index (κ1) is 12.0. The minimum Gasteiger partial charge on any atom is -0.508 e. The lowest BCUT2D eigenvalue weighted by Gasteiger charge is -2.14. The van der Waals surface area contributed by atoms with Gasteiger partial charge in [-0.2, -0.15) is 0 Å². The van der Waals surface area contributed by atoms with E-state index in [-0.39, 0.29) is 17.4 Å². The monoisotopic (exact) mass is 232 g/mol. The fourth-order valence-electron chi connectivity index (χ4n) is 1.20. The molecule has 0 saturated carbocycles. The molecule has 0 amide bonds. The van der Waals surface area contributed by atoms with Crippen molar-refractivity contribution in [2.75, 3.05) is 0 Å². The molecule has 0 radical (unpaired) electrons. The van der Waals surface area contributed by atoms with Gasteiger partial charge in [0, 0.05) is 5.56 Å². The van der Waals surface area contributed by atoms with Gasteiger partial charge in [-0.15, -0.1) is 0 Å². The van der Waals surface area contributed by atoms with Gasteiger partial charge in [-0.25, -0.2) is 4.57 Å². The Morgan fingerprint density at radius 3 is 2.40 bits per heavy atom. The predicted octanol–water partition coefficient (Wildman–Crippen LogP) is 1.99. The van der Waals surface area contributed by atoms with Gasteiger partial charge in [-0.1, -0.05) is 13.8 Å². The van der Waals surface area contributed by atoms with Crippen molar-refractivity contribution < 1.29 is 24.0 Å². The Labute approximate surface area is 87.6 Å². The number of benzene rings is 1. The van der Waals surface area contributed by atoms with Crippen LogP contribution in [0.3, 0.4) is 0 Å². The quantitative estimate of drug-likeness (QED) is 0.693. The Bertz CT molecular complexity index is 395. The molecule has 0 heterocycles. The molecule has 0 fully saturated rings. The molecule has 0 bridgehead atoms. The molecule has 0 aromatic heterocycles. The number of phenols is 1. The van der Waals surface area contributed by atoms with E-state index in [4.69, 9.17) is 9.79 Å². The van der Waals surface area contributed by atoms with Crippen LogP contribution in [0.5, 0.6) is 11.5 Å². The number of hydrogen-bond donors (Lipinski definition) is 3. The van der Waals surface area contributed by atoms with Crippen LogP contribution in [0, 0.1) is 0 Å². The molecular formula is C9H13O5P. The average molecular weight is 232 g/mol. The van der Waals surface area contributed by atoms with Gasteiger partial charge in [0.1, 0.15) is 11.5 Å². The molecule has 3 N–H and O–H groups in total.